The first-order valence-corrected chi connectivity index (χ1v) is 5.86. The summed E-state index contributed by atoms with van der Waals surface area (Å²) in [6, 6.07) is 7.60. The van der Waals surface area contributed by atoms with Crippen LogP contribution in [0.25, 0.3) is 0 Å². The molecule has 0 amide bonds. The molecule has 1 aromatic carbocycles. The van der Waals surface area contributed by atoms with Gasteiger partial charge in [-0.2, -0.15) is 0 Å². The predicted octanol–water partition coefficient (Wildman–Crippen LogP) is 2.04. The second-order valence-electron chi connectivity index (χ2n) is 3.63. The van der Waals surface area contributed by atoms with Crippen molar-refractivity contribution in [3.05, 3.63) is 24.3 Å². The van der Waals surface area contributed by atoms with Crippen LogP contribution >= 0.6 is 0 Å². The van der Waals surface area contributed by atoms with E-state index in [0.29, 0.717) is 13.2 Å². The Balaban J connectivity index is 0.000000325. The van der Waals surface area contributed by atoms with E-state index < -0.39 is 0 Å². The highest BCUT2D eigenvalue weighted by Crippen LogP contribution is 2.12. The summed E-state index contributed by atoms with van der Waals surface area (Å²) in [7, 11) is 1.66. The fourth-order valence-electron chi connectivity index (χ4n) is 1.06. The summed E-state index contributed by atoms with van der Waals surface area (Å²) in [5.74, 6) is 0.872. The summed E-state index contributed by atoms with van der Waals surface area (Å²) >= 11 is 0. The fraction of sp³-hybridized carbons (Fsp3) is 0.538. The van der Waals surface area contributed by atoms with Crippen LogP contribution in [-0.4, -0.2) is 26.4 Å². The minimum absolute atomic E-state index is 0.227. The molecule has 4 heteroatoms. The summed E-state index contributed by atoms with van der Waals surface area (Å²) in [4.78, 5) is 0. The van der Waals surface area contributed by atoms with Gasteiger partial charge in [-0.1, -0.05) is 6.92 Å². The highest BCUT2D eigenvalue weighted by atomic mass is 16.5. The van der Waals surface area contributed by atoms with Crippen LogP contribution in [0.1, 0.15) is 20.3 Å². The lowest BCUT2D eigenvalue weighted by Crippen LogP contribution is -2.23. The second kappa shape index (κ2) is 9.93. The van der Waals surface area contributed by atoms with E-state index in [1.165, 1.54) is 0 Å². The molecule has 1 aromatic rings. The molecule has 4 N–H and O–H groups in total. The van der Waals surface area contributed by atoms with Gasteiger partial charge in [0.2, 0.25) is 0 Å². The summed E-state index contributed by atoms with van der Waals surface area (Å²) in [6.07, 6.45) is 0.994. The number of anilines is 1. The Labute approximate surface area is 104 Å². The maximum absolute atomic E-state index is 5.47. The summed E-state index contributed by atoms with van der Waals surface area (Å²) < 4.78 is 9.97. The first-order valence-electron chi connectivity index (χ1n) is 5.86. The van der Waals surface area contributed by atoms with Gasteiger partial charge in [-0.25, -0.2) is 0 Å². The van der Waals surface area contributed by atoms with Crippen LogP contribution in [0, 0.1) is 0 Å². The van der Waals surface area contributed by atoms with E-state index in [0.717, 1.165) is 17.9 Å². The van der Waals surface area contributed by atoms with Crippen LogP contribution in [-0.2, 0) is 4.74 Å². The van der Waals surface area contributed by atoms with Crippen molar-refractivity contribution in [2.75, 3.05) is 26.1 Å². The molecule has 0 aliphatic heterocycles. The van der Waals surface area contributed by atoms with Crippen molar-refractivity contribution in [2.45, 2.75) is 26.3 Å². The zero-order valence-corrected chi connectivity index (χ0v) is 11.0. The lowest BCUT2D eigenvalue weighted by atomic mass is 10.3. The molecule has 0 aliphatic rings. The fourth-order valence-corrected chi connectivity index (χ4v) is 1.06. The highest BCUT2D eigenvalue weighted by molar-refractivity contribution is 5.41. The molecule has 0 spiro atoms. The molecule has 0 radical (unpaired) electrons. The van der Waals surface area contributed by atoms with Crippen LogP contribution in [0.3, 0.4) is 0 Å². The van der Waals surface area contributed by atoms with Gasteiger partial charge in [0.15, 0.2) is 0 Å². The van der Waals surface area contributed by atoms with Crippen molar-refractivity contribution in [1.82, 2.24) is 0 Å². The summed E-state index contributed by atoms with van der Waals surface area (Å²) in [5.41, 5.74) is 11.7. The number of benzene rings is 1. The van der Waals surface area contributed by atoms with Crippen LogP contribution in [0.2, 0.25) is 0 Å². The molecule has 0 fully saturated rings. The van der Waals surface area contributed by atoms with Crippen molar-refractivity contribution >= 4 is 5.69 Å². The van der Waals surface area contributed by atoms with Gasteiger partial charge in [-0.3, -0.25) is 0 Å². The molecular weight excluding hydrogens is 216 g/mol. The van der Waals surface area contributed by atoms with E-state index in [2.05, 4.69) is 0 Å². The van der Waals surface area contributed by atoms with E-state index >= 15 is 0 Å². The minimum Gasteiger partial charge on any atom is -0.494 e. The molecule has 0 bridgehead atoms. The maximum Gasteiger partial charge on any atom is 0.119 e. The van der Waals surface area contributed by atoms with E-state index in [4.69, 9.17) is 20.9 Å². The van der Waals surface area contributed by atoms with Crippen LogP contribution in [0.15, 0.2) is 24.3 Å². The third-order valence-corrected chi connectivity index (χ3v) is 2.10. The van der Waals surface area contributed by atoms with Crippen molar-refractivity contribution in [3.8, 4) is 5.75 Å². The van der Waals surface area contributed by atoms with E-state index in [1.807, 2.05) is 38.1 Å². The average molecular weight is 240 g/mol. The lowest BCUT2D eigenvalue weighted by molar-refractivity contribution is 0.179. The lowest BCUT2D eigenvalue weighted by Gasteiger charge is -2.03. The molecule has 0 saturated heterocycles. The zero-order chi connectivity index (χ0) is 13.1. The zero-order valence-electron chi connectivity index (χ0n) is 11.0. The van der Waals surface area contributed by atoms with Gasteiger partial charge >= 0.3 is 0 Å². The number of ether oxygens (including phenoxy) is 2. The molecule has 0 aromatic heterocycles. The van der Waals surface area contributed by atoms with Gasteiger partial charge in [-0.05, 0) is 37.6 Å². The molecule has 0 aliphatic carbocycles. The van der Waals surface area contributed by atoms with E-state index in [-0.39, 0.29) is 6.04 Å². The number of methoxy groups -OCH3 is 1. The normalized spacial score (nSPS) is 11.3. The molecular formula is C13H24N2O2. The van der Waals surface area contributed by atoms with E-state index in [1.54, 1.807) is 7.11 Å². The predicted molar refractivity (Wildman–Crippen MR) is 72.2 cm³/mol. The molecule has 1 atom stereocenters. The summed E-state index contributed by atoms with van der Waals surface area (Å²) in [6.45, 7) is 5.38. The van der Waals surface area contributed by atoms with Crippen molar-refractivity contribution < 1.29 is 9.47 Å². The number of nitrogen functional groups attached to an aromatic ring is 1. The standard InChI is InChI=1S/C8H11NO.C5H13NO/c1-2-10-8-5-3-7(9)4-6-8;1-3-5(6)4-7-2/h3-6H,2,9H2,1H3;5H,3-4,6H2,1-2H3. The number of nitrogens with two attached hydrogens (primary N) is 2. The number of rotatable bonds is 5. The Morgan fingerprint density at radius 3 is 2.12 bits per heavy atom. The Hall–Kier alpha value is -1.26. The first kappa shape index (κ1) is 15.7. The van der Waals surface area contributed by atoms with Crippen LogP contribution in [0.5, 0.6) is 5.75 Å². The second-order valence-corrected chi connectivity index (χ2v) is 3.63. The third-order valence-electron chi connectivity index (χ3n) is 2.10. The minimum atomic E-state index is 0.227. The van der Waals surface area contributed by atoms with Gasteiger partial charge in [-0.15, -0.1) is 0 Å². The molecule has 4 nitrogen and oxygen atoms in total. The maximum atomic E-state index is 5.47. The Morgan fingerprint density at radius 2 is 1.76 bits per heavy atom. The Bertz CT molecular complexity index is 275. The van der Waals surface area contributed by atoms with Gasteiger partial charge < -0.3 is 20.9 Å². The third kappa shape index (κ3) is 8.54. The van der Waals surface area contributed by atoms with Gasteiger partial charge in [0, 0.05) is 18.8 Å². The van der Waals surface area contributed by atoms with Crippen LogP contribution < -0.4 is 16.2 Å². The van der Waals surface area contributed by atoms with Crippen LogP contribution in [0.4, 0.5) is 5.69 Å². The largest absolute Gasteiger partial charge is 0.494 e. The topological polar surface area (TPSA) is 70.5 Å². The molecule has 0 saturated carbocycles. The number of hydrogen-bond acceptors (Lipinski definition) is 4. The summed E-state index contributed by atoms with van der Waals surface area (Å²) in [5, 5.41) is 0. The van der Waals surface area contributed by atoms with Gasteiger partial charge in [0.25, 0.3) is 0 Å². The first-order chi connectivity index (χ1) is 8.13. The number of hydrogen-bond donors (Lipinski definition) is 2. The van der Waals surface area contributed by atoms with E-state index in [9.17, 15) is 0 Å². The average Bonchev–Trinajstić information content (AvgIpc) is 2.33. The quantitative estimate of drug-likeness (QED) is 0.773. The SMILES string of the molecule is CCC(N)COC.CCOc1ccc(N)cc1. The molecule has 98 valence electrons. The van der Waals surface area contributed by atoms with Crippen molar-refractivity contribution in [1.29, 1.82) is 0 Å². The Kier molecular flexibility index (Phi) is 9.19. The highest BCUT2D eigenvalue weighted by Gasteiger charge is 1.93. The monoisotopic (exact) mass is 240 g/mol. The molecule has 1 unspecified atom stereocenters. The smallest absolute Gasteiger partial charge is 0.119 e. The Morgan fingerprint density at radius 1 is 1.18 bits per heavy atom. The molecule has 1 rings (SSSR count). The molecule has 17 heavy (non-hydrogen) atoms. The van der Waals surface area contributed by atoms with Gasteiger partial charge in [0.05, 0.1) is 13.2 Å². The molecule has 0 heterocycles. The van der Waals surface area contributed by atoms with Crippen molar-refractivity contribution in [2.24, 2.45) is 5.73 Å². The van der Waals surface area contributed by atoms with Gasteiger partial charge in [0.1, 0.15) is 5.75 Å². The van der Waals surface area contributed by atoms with Crippen molar-refractivity contribution in [3.63, 3.8) is 0 Å².